The summed E-state index contributed by atoms with van der Waals surface area (Å²) in [6.07, 6.45) is 10.6. The van der Waals surface area contributed by atoms with E-state index in [0.29, 0.717) is 25.0 Å². The molecule has 0 bridgehead atoms. The number of allylic oxidation sites excluding steroid dienone is 1. The Morgan fingerprint density at radius 1 is 1.16 bits per heavy atom. The molecule has 104 valence electrons. The van der Waals surface area contributed by atoms with E-state index >= 15 is 0 Å². The van der Waals surface area contributed by atoms with E-state index in [4.69, 9.17) is 0 Å². The van der Waals surface area contributed by atoms with Crippen molar-refractivity contribution < 1.29 is 15.2 Å². The lowest BCUT2D eigenvalue weighted by Crippen LogP contribution is -2.47. The van der Waals surface area contributed by atoms with Gasteiger partial charge in [0.1, 0.15) is 11.3 Å². The zero-order valence-electron chi connectivity index (χ0n) is 11.0. The van der Waals surface area contributed by atoms with Gasteiger partial charge in [-0.3, -0.25) is 10.0 Å². The Kier molecular flexibility index (Phi) is 2.89. The van der Waals surface area contributed by atoms with Gasteiger partial charge in [-0.1, -0.05) is 36.6 Å². The van der Waals surface area contributed by atoms with E-state index in [1.807, 2.05) is 12.2 Å². The highest BCUT2D eigenvalue weighted by Gasteiger charge is 2.64. The summed E-state index contributed by atoms with van der Waals surface area (Å²) in [4.78, 5) is 12.6. The van der Waals surface area contributed by atoms with Crippen LogP contribution >= 0.6 is 0 Å². The SMILES string of the molecule is O=C1N(O)C2(C=CCCC2)/C(=N/O)C12CCCCC2. The molecule has 2 fully saturated rings. The molecular formula is C14H20N2O3. The number of carbonyl (C=O) groups excluding carboxylic acids is 1. The number of oxime groups is 1. The first-order chi connectivity index (χ1) is 9.17. The predicted molar refractivity (Wildman–Crippen MR) is 69.1 cm³/mol. The molecule has 0 aromatic carbocycles. The van der Waals surface area contributed by atoms with Crippen LogP contribution in [0.5, 0.6) is 0 Å². The van der Waals surface area contributed by atoms with Crippen LogP contribution in [0.4, 0.5) is 0 Å². The molecule has 2 aliphatic carbocycles. The molecule has 2 spiro atoms. The van der Waals surface area contributed by atoms with Crippen LogP contribution in [0.15, 0.2) is 17.3 Å². The molecule has 3 aliphatic rings. The predicted octanol–water partition coefficient (Wildman–Crippen LogP) is 2.48. The molecule has 19 heavy (non-hydrogen) atoms. The van der Waals surface area contributed by atoms with Crippen LogP contribution in [-0.2, 0) is 4.79 Å². The first kappa shape index (κ1) is 12.7. The van der Waals surface area contributed by atoms with Crippen molar-refractivity contribution >= 4 is 11.6 Å². The highest BCUT2D eigenvalue weighted by Crippen LogP contribution is 2.51. The molecule has 2 N–H and O–H groups in total. The lowest BCUT2D eigenvalue weighted by Gasteiger charge is -2.35. The van der Waals surface area contributed by atoms with Gasteiger partial charge < -0.3 is 5.21 Å². The van der Waals surface area contributed by atoms with Crippen LogP contribution in [0, 0.1) is 5.41 Å². The molecule has 3 rings (SSSR count). The Morgan fingerprint density at radius 2 is 1.89 bits per heavy atom. The maximum absolute atomic E-state index is 12.6. The van der Waals surface area contributed by atoms with Crippen molar-refractivity contribution in [3.63, 3.8) is 0 Å². The van der Waals surface area contributed by atoms with Gasteiger partial charge in [0, 0.05) is 0 Å². The summed E-state index contributed by atoms with van der Waals surface area (Å²) in [6.45, 7) is 0. The highest BCUT2D eigenvalue weighted by atomic mass is 16.5. The van der Waals surface area contributed by atoms with E-state index in [9.17, 15) is 15.2 Å². The minimum Gasteiger partial charge on any atom is -0.411 e. The Bertz CT molecular complexity index is 452. The molecule has 5 heteroatoms. The number of rotatable bonds is 0. The Morgan fingerprint density at radius 3 is 2.47 bits per heavy atom. The van der Waals surface area contributed by atoms with Crippen LogP contribution in [0.1, 0.15) is 51.4 Å². The fourth-order valence-electron chi connectivity index (χ4n) is 4.01. The molecule has 1 amide bonds. The molecular weight excluding hydrogens is 244 g/mol. The Balaban J connectivity index is 2.11. The lowest BCUT2D eigenvalue weighted by atomic mass is 9.67. The van der Waals surface area contributed by atoms with Gasteiger partial charge in [-0.2, -0.15) is 0 Å². The van der Waals surface area contributed by atoms with Crippen molar-refractivity contribution in [1.29, 1.82) is 0 Å². The second-order valence-electron chi connectivity index (χ2n) is 5.93. The average Bonchev–Trinajstić information content (AvgIpc) is 2.61. The lowest BCUT2D eigenvalue weighted by molar-refractivity contribution is -0.179. The van der Waals surface area contributed by atoms with Crippen LogP contribution in [0.2, 0.25) is 0 Å². The first-order valence-corrected chi connectivity index (χ1v) is 7.12. The quantitative estimate of drug-likeness (QED) is 0.305. The molecule has 1 aliphatic heterocycles. The van der Waals surface area contributed by atoms with Crippen LogP contribution < -0.4 is 0 Å². The topological polar surface area (TPSA) is 73.1 Å². The van der Waals surface area contributed by atoms with Gasteiger partial charge in [0.05, 0.1) is 5.41 Å². The molecule has 1 atom stereocenters. The molecule has 0 radical (unpaired) electrons. The van der Waals surface area contributed by atoms with Gasteiger partial charge in [-0.15, -0.1) is 0 Å². The molecule has 1 heterocycles. The summed E-state index contributed by atoms with van der Waals surface area (Å²) < 4.78 is 0. The summed E-state index contributed by atoms with van der Waals surface area (Å²) in [7, 11) is 0. The van der Waals surface area contributed by atoms with Crippen molar-refractivity contribution in [2.45, 2.75) is 56.9 Å². The third-order valence-electron chi connectivity index (χ3n) is 4.97. The van der Waals surface area contributed by atoms with E-state index in [-0.39, 0.29) is 5.91 Å². The van der Waals surface area contributed by atoms with E-state index < -0.39 is 11.0 Å². The fraction of sp³-hybridized carbons (Fsp3) is 0.714. The second kappa shape index (κ2) is 4.34. The second-order valence-corrected chi connectivity index (χ2v) is 5.93. The van der Waals surface area contributed by atoms with Gasteiger partial charge in [0.15, 0.2) is 0 Å². The number of hydroxylamine groups is 2. The Hall–Kier alpha value is -1.36. The minimum absolute atomic E-state index is 0.286. The van der Waals surface area contributed by atoms with Gasteiger partial charge in [-0.25, -0.2) is 5.06 Å². The third kappa shape index (κ3) is 1.51. The molecule has 0 aromatic rings. The van der Waals surface area contributed by atoms with Crippen LogP contribution in [0.3, 0.4) is 0 Å². The molecule has 0 aromatic heterocycles. The van der Waals surface area contributed by atoms with Crippen molar-refractivity contribution in [1.82, 2.24) is 5.06 Å². The summed E-state index contributed by atoms with van der Waals surface area (Å²) in [5, 5.41) is 24.2. The summed E-state index contributed by atoms with van der Waals surface area (Å²) in [5.74, 6) is -0.286. The monoisotopic (exact) mass is 264 g/mol. The smallest absolute Gasteiger partial charge is 0.259 e. The molecule has 1 saturated carbocycles. The normalized spacial score (nSPS) is 35.7. The zero-order chi connectivity index (χ0) is 13.5. The van der Waals surface area contributed by atoms with Crippen molar-refractivity contribution in [2.75, 3.05) is 0 Å². The number of carbonyl (C=O) groups is 1. The van der Waals surface area contributed by atoms with Gasteiger partial charge in [-0.05, 0) is 32.1 Å². The van der Waals surface area contributed by atoms with Gasteiger partial charge >= 0.3 is 0 Å². The van der Waals surface area contributed by atoms with Gasteiger partial charge in [0.25, 0.3) is 5.91 Å². The third-order valence-corrected chi connectivity index (χ3v) is 4.97. The van der Waals surface area contributed by atoms with Crippen LogP contribution in [-0.4, -0.2) is 32.6 Å². The highest BCUT2D eigenvalue weighted by molar-refractivity contribution is 6.19. The zero-order valence-corrected chi connectivity index (χ0v) is 11.0. The van der Waals surface area contributed by atoms with E-state index in [1.165, 1.54) is 0 Å². The number of hydrogen-bond donors (Lipinski definition) is 2. The molecule has 5 nitrogen and oxygen atoms in total. The van der Waals surface area contributed by atoms with E-state index in [1.54, 1.807) is 0 Å². The van der Waals surface area contributed by atoms with Crippen molar-refractivity contribution in [2.24, 2.45) is 10.6 Å². The largest absolute Gasteiger partial charge is 0.411 e. The minimum atomic E-state index is -0.901. The summed E-state index contributed by atoms with van der Waals surface area (Å²) in [5.41, 5.74) is -1.21. The Labute approximate surface area is 112 Å². The van der Waals surface area contributed by atoms with Gasteiger partial charge in [0.2, 0.25) is 0 Å². The first-order valence-electron chi connectivity index (χ1n) is 7.12. The standard InChI is InChI=1S/C14H20N2O3/c17-12-13(7-3-1-4-8-13)11(15-18)14(16(12)19)9-5-2-6-10-14/h5,9,18-19H,1-4,6-8,10H2/b15-11+. The van der Waals surface area contributed by atoms with Crippen molar-refractivity contribution in [3.05, 3.63) is 12.2 Å². The van der Waals surface area contributed by atoms with E-state index in [0.717, 1.165) is 37.2 Å². The number of hydrogen-bond acceptors (Lipinski definition) is 4. The maximum Gasteiger partial charge on any atom is 0.259 e. The fourth-order valence-corrected chi connectivity index (χ4v) is 4.01. The summed E-state index contributed by atoms with van der Waals surface area (Å²) in [6, 6.07) is 0. The summed E-state index contributed by atoms with van der Waals surface area (Å²) >= 11 is 0. The number of nitrogens with zero attached hydrogens (tertiary/aromatic N) is 2. The molecule has 1 saturated heterocycles. The number of amides is 1. The van der Waals surface area contributed by atoms with E-state index in [2.05, 4.69) is 5.16 Å². The average molecular weight is 264 g/mol. The molecule has 1 unspecified atom stereocenters. The maximum atomic E-state index is 12.6. The van der Waals surface area contributed by atoms with Crippen molar-refractivity contribution in [3.8, 4) is 0 Å². The van der Waals surface area contributed by atoms with Crippen LogP contribution in [0.25, 0.3) is 0 Å².